The van der Waals surface area contributed by atoms with Gasteiger partial charge in [-0.25, -0.2) is 4.79 Å². The Morgan fingerprint density at radius 1 is 1.00 bits per heavy atom. The van der Waals surface area contributed by atoms with Crippen molar-refractivity contribution in [3.8, 4) is 0 Å². The van der Waals surface area contributed by atoms with Crippen molar-refractivity contribution in [2.75, 3.05) is 18.0 Å². The van der Waals surface area contributed by atoms with Crippen molar-refractivity contribution in [1.29, 1.82) is 0 Å². The number of Topliss-reactive ketones (excluding diaryl/α,β-unsaturated/α-hetero) is 1. The molecule has 0 atom stereocenters. The molecule has 0 saturated heterocycles. The fraction of sp³-hybridized carbons (Fsp3) is 0.739. The Kier molecular flexibility index (Phi) is 4.68. The summed E-state index contributed by atoms with van der Waals surface area (Å²) in [7, 11) is 3.12. The minimum absolute atomic E-state index is 0.155. The first-order chi connectivity index (χ1) is 14.8. The number of aromatic nitrogens is 4. The monoisotopic (exact) mass is 427 g/mol. The molecule has 2 heterocycles. The van der Waals surface area contributed by atoms with E-state index in [4.69, 9.17) is 4.98 Å². The number of anilines is 1. The van der Waals surface area contributed by atoms with Crippen LogP contribution in [0.15, 0.2) is 9.59 Å². The summed E-state index contributed by atoms with van der Waals surface area (Å²) < 4.78 is 4.32. The van der Waals surface area contributed by atoms with E-state index >= 15 is 0 Å². The van der Waals surface area contributed by atoms with Gasteiger partial charge in [-0.15, -0.1) is 0 Å². The first-order valence-corrected chi connectivity index (χ1v) is 11.7. The Morgan fingerprint density at radius 3 is 2.06 bits per heavy atom. The largest absolute Gasteiger partial charge is 0.343 e. The smallest absolute Gasteiger partial charge is 0.332 e. The third-order valence-electron chi connectivity index (χ3n) is 8.31. The summed E-state index contributed by atoms with van der Waals surface area (Å²) in [6, 6.07) is 0. The molecule has 8 nitrogen and oxygen atoms in total. The zero-order chi connectivity index (χ0) is 22.1. The quantitative estimate of drug-likeness (QED) is 0.705. The number of rotatable bonds is 6. The molecule has 2 aromatic rings. The lowest BCUT2D eigenvalue weighted by Crippen LogP contribution is -2.51. The van der Waals surface area contributed by atoms with Crippen molar-refractivity contribution in [3.63, 3.8) is 0 Å². The molecule has 0 radical (unpaired) electrons. The molecule has 0 aliphatic heterocycles. The second kappa shape index (κ2) is 7.07. The van der Waals surface area contributed by atoms with Gasteiger partial charge in [0.2, 0.25) is 5.95 Å². The highest BCUT2D eigenvalue weighted by molar-refractivity contribution is 5.87. The standard InChI is InChI=1S/C23H33N5O3/c1-5-27(6-2)21-24-19-18(20(30)26(4)22(31)25(19)3)28(21)13-17(29)23-10-14-7-15(11-23)9-16(8-14)12-23/h14-16H,5-13H2,1-4H3. The van der Waals surface area contributed by atoms with Crippen LogP contribution in [0.4, 0.5) is 5.95 Å². The lowest BCUT2D eigenvalue weighted by atomic mass is 9.48. The number of carbonyl (C=O) groups excluding carboxylic acids is 1. The summed E-state index contributed by atoms with van der Waals surface area (Å²) >= 11 is 0. The van der Waals surface area contributed by atoms with Crippen LogP contribution in [0.3, 0.4) is 0 Å². The number of hydrogen-bond acceptors (Lipinski definition) is 5. The molecule has 4 aliphatic carbocycles. The number of hydrogen-bond donors (Lipinski definition) is 0. The van der Waals surface area contributed by atoms with Gasteiger partial charge in [0.25, 0.3) is 5.56 Å². The third kappa shape index (κ3) is 2.93. The molecule has 0 spiro atoms. The Labute approximate surface area is 181 Å². The average Bonchev–Trinajstić information content (AvgIpc) is 3.10. The predicted molar refractivity (Wildman–Crippen MR) is 119 cm³/mol. The Balaban J connectivity index is 1.63. The van der Waals surface area contributed by atoms with E-state index in [9.17, 15) is 14.4 Å². The molecule has 0 amide bonds. The number of imidazole rings is 1. The molecule has 4 bridgehead atoms. The van der Waals surface area contributed by atoms with Crippen LogP contribution in [0, 0.1) is 23.2 Å². The highest BCUT2D eigenvalue weighted by Gasteiger charge is 2.54. The van der Waals surface area contributed by atoms with Gasteiger partial charge in [0, 0.05) is 32.6 Å². The molecule has 4 aliphatic rings. The third-order valence-corrected chi connectivity index (χ3v) is 8.31. The van der Waals surface area contributed by atoms with E-state index in [1.54, 1.807) is 11.6 Å². The minimum Gasteiger partial charge on any atom is -0.343 e. The second-order valence-electron chi connectivity index (χ2n) is 10.2. The summed E-state index contributed by atoms with van der Waals surface area (Å²) in [6.45, 7) is 5.64. The van der Waals surface area contributed by atoms with Crippen molar-refractivity contribution < 1.29 is 4.79 Å². The van der Waals surface area contributed by atoms with E-state index in [-0.39, 0.29) is 23.3 Å². The number of nitrogens with zero attached hydrogens (tertiary/aromatic N) is 5. The van der Waals surface area contributed by atoms with Crippen LogP contribution in [0.1, 0.15) is 52.4 Å². The van der Waals surface area contributed by atoms with Gasteiger partial charge in [0.15, 0.2) is 16.9 Å². The Morgan fingerprint density at radius 2 is 1.55 bits per heavy atom. The van der Waals surface area contributed by atoms with Crippen molar-refractivity contribution in [1.82, 2.24) is 18.7 Å². The topological polar surface area (TPSA) is 82.1 Å². The zero-order valence-electron chi connectivity index (χ0n) is 19.1. The Hall–Kier alpha value is -2.38. The molecule has 6 rings (SSSR count). The van der Waals surface area contributed by atoms with Gasteiger partial charge in [-0.3, -0.25) is 23.3 Å². The second-order valence-corrected chi connectivity index (χ2v) is 10.2. The van der Waals surface area contributed by atoms with Gasteiger partial charge in [0.05, 0.1) is 6.54 Å². The lowest BCUT2D eigenvalue weighted by molar-refractivity contribution is -0.144. The first-order valence-electron chi connectivity index (χ1n) is 11.7. The van der Waals surface area contributed by atoms with E-state index in [0.717, 1.165) is 23.8 Å². The maximum atomic E-state index is 13.9. The van der Waals surface area contributed by atoms with Crippen molar-refractivity contribution in [3.05, 3.63) is 20.8 Å². The number of carbonyl (C=O) groups is 1. The number of fused-ring (bicyclic) bond motifs is 1. The van der Waals surface area contributed by atoms with Gasteiger partial charge < -0.3 is 4.90 Å². The molecule has 2 aromatic heterocycles. The molecule has 31 heavy (non-hydrogen) atoms. The van der Waals surface area contributed by atoms with Gasteiger partial charge in [0.1, 0.15) is 0 Å². The maximum Gasteiger partial charge on any atom is 0.332 e. The van der Waals surface area contributed by atoms with Crippen LogP contribution in [0.5, 0.6) is 0 Å². The van der Waals surface area contributed by atoms with Crippen molar-refractivity contribution >= 4 is 22.9 Å². The van der Waals surface area contributed by atoms with E-state index in [1.165, 1.54) is 30.9 Å². The van der Waals surface area contributed by atoms with E-state index < -0.39 is 5.69 Å². The molecule has 0 N–H and O–H groups in total. The average molecular weight is 428 g/mol. The van der Waals surface area contributed by atoms with E-state index in [2.05, 4.69) is 4.90 Å². The van der Waals surface area contributed by atoms with Gasteiger partial charge in [-0.05, 0) is 70.1 Å². The summed E-state index contributed by atoms with van der Waals surface area (Å²) in [6.07, 6.45) is 6.86. The molecule has 4 fully saturated rings. The molecule has 0 unspecified atom stereocenters. The van der Waals surface area contributed by atoms with Gasteiger partial charge in [-0.1, -0.05) is 0 Å². The SMILES string of the molecule is CCN(CC)c1nc2c(c(=O)n(C)c(=O)n2C)n1CC(=O)C12CC3CC(CC(C3)C1)C2. The zero-order valence-corrected chi connectivity index (χ0v) is 19.1. The van der Waals surface area contributed by atoms with Crippen LogP contribution in [-0.4, -0.2) is 37.6 Å². The Bertz CT molecular complexity index is 1130. The van der Waals surface area contributed by atoms with E-state index in [0.29, 0.717) is 48.0 Å². The first kappa shape index (κ1) is 20.5. The molecular weight excluding hydrogens is 394 g/mol. The summed E-state index contributed by atoms with van der Waals surface area (Å²) in [4.78, 5) is 46.2. The van der Waals surface area contributed by atoms with Gasteiger partial charge in [-0.2, -0.15) is 4.98 Å². The lowest BCUT2D eigenvalue weighted by Gasteiger charge is -2.56. The molecular formula is C23H33N5O3. The van der Waals surface area contributed by atoms with Crippen molar-refractivity contribution in [2.45, 2.75) is 58.9 Å². The normalized spacial score (nSPS) is 29.1. The van der Waals surface area contributed by atoms with Crippen LogP contribution >= 0.6 is 0 Å². The fourth-order valence-corrected chi connectivity index (χ4v) is 7.10. The van der Waals surface area contributed by atoms with Crippen LogP contribution in [0.25, 0.3) is 11.2 Å². The fourth-order valence-electron chi connectivity index (χ4n) is 7.10. The summed E-state index contributed by atoms with van der Waals surface area (Å²) in [5.41, 5.74) is -0.321. The molecule has 8 heteroatoms. The van der Waals surface area contributed by atoms with Crippen molar-refractivity contribution in [2.24, 2.45) is 37.3 Å². The van der Waals surface area contributed by atoms with Crippen LogP contribution < -0.4 is 16.1 Å². The molecule has 168 valence electrons. The minimum atomic E-state index is -0.402. The highest BCUT2D eigenvalue weighted by atomic mass is 16.2. The summed E-state index contributed by atoms with van der Waals surface area (Å²) in [5.74, 6) is 2.91. The number of ketones is 1. The summed E-state index contributed by atoms with van der Waals surface area (Å²) in [5, 5.41) is 0. The number of aryl methyl sites for hydroxylation is 1. The van der Waals surface area contributed by atoms with E-state index in [1.807, 2.05) is 13.8 Å². The molecule has 4 saturated carbocycles. The van der Waals surface area contributed by atoms with Gasteiger partial charge >= 0.3 is 5.69 Å². The highest BCUT2D eigenvalue weighted by Crippen LogP contribution is 2.60. The predicted octanol–water partition coefficient (Wildman–Crippen LogP) is 2.07. The van der Waals surface area contributed by atoms with Crippen LogP contribution in [-0.2, 0) is 25.4 Å². The molecule has 0 aromatic carbocycles. The maximum absolute atomic E-state index is 13.9. The van der Waals surface area contributed by atoms with Crippen LogP contribution in [0.2, 0.25) is 0 Å².